The molecular formula is C20H20ClNO4S. The summed E-state index contributed by atoms with van der Waals surface area (Å²) in [6.45, 7) is 0. The fourth-order valence-corrected chi connectivity index (χ4v) is 3.83. The quantitative estimate of drug-likeness (QED) is 0.451. The smallest absolute Gasteiger partial charge is 0.222 e. The predicted molar refractivity (Wildman–Crippen MR) is 109 cm³/mol. The van der Waals surface area contributed by atoms with E-state index in [0.29, 0.717) is 28.4 Å². The van der Waals surface area contributed by atoms with Gasteiger partial charge in [-0.25, -0.2) is 0 Å². The van der Waals surface area contributed by atoms with Gasteiger partial charge in [0.15, 0.2) is 5.58 Å². The van der Waals surface area contributed by atoms with E-state index in [9.17, 15) is 15.0 Å². The van der Waals surface area contributed by atoms with E-state index in [1.165, 1.54) is 18.2 Å². The topological polar surface area (TPSA) is 73.9 Å². The van der Waals surface area contributed by atoms with Crippen molar-refractivity contribution in [3.05, 3.63) is 47.0 Å². The molecule has 0 fully saturated rings. The van der Waals surface area contributed by atoms with E-state index < -0.39 is 0 Å². The summed E-state index contributed by atoms with van der Waals surface area (Å²) in [5.41, 5.74) is 1.97. The van der Waals surface area contributed by atoms with Gasteiger partial charge in [0, 0.05) is 37.4 Å². The third-order valence-electron chi connectivity index (χ3n) is 4.10. The highest BCUT2D eigenvalue weighted by Crippen LogP contribution is 2.38. The first-order chi connectivity index (χ1) is 12.8. The van der Waals surface area contributed by atoms with Gasteiger partial charge >= 0.3 is 0 Å². The number of benzene rings is 2. The molecule has 2 aromatic carbocycles. The molecule has 0 unspecified atom stereocenters. The van der Waals surface area contributed by atoms with Crippen molar-refractivity contribution in [2.24, 2.45) is 0 Å². The predicted octanol–water partition coefficient (Wildman–Crippen LogP) is 4.88. The highest BCUT2D eigenvalue weighted by molar-refractivity contribution is 7.98. The van der Waals surface area contributed by atoms with Crippen LogP contribution in [0, 0.1) is 0 Å². The lowest BCUT2D eigenvalue weighted by Gasteiger charge is -2.09. The standard InChI is InChI=1S/C20H20ClNO4S/c1-22(2)19(25)5-6-27-11-12-7-13-9-18(26-20(13)16(21)8-12)15-10-14(23)3-4-17(15)24/h3-4,7-10,23-24H,5-6,11H2,1-2H3. The zero-order chi connectivity index (χ0) is 19.6. The van der Waals surface area contributed by atoms with Crippen LogP contribution in [0.25, 0.3) is 22.3 Å². The van der Waals surface area contributed by atoms with E-state index >= 15 is 0 Å². The van der Waals surface area contributed by atoms with E-state index in [-0.39, 0.29) is 17.4 Å². The molecule has 1 aromatic heterocycles. The Balaban J connectivity index is 1.78. The number of phenols is 2. The number of hydrogen-bond donors (Lipinski definition) is 2. The van der Waals surface area contributed by atoms with Crippen molar-refractivity contribution in [2.75, 3.05) is 19.8 Å². The van der Waals surface area contributed by atoms with Gasteiger partial charge in [0.1, 0.15) is 17.3 Å². The number of thioether (sulfide) groups is 1. The monoisotopic (exact) mass is 405 g/mol. The van der Waals surface area contributed by atoms with Gasteiger partial charge in [-0.3, -0.25) is 4.79 Å². The minimum absolute atomic E-state index is 0.0179. The summed E-state index contributed by atoms with van der Waals surface area (Å²) < 4.78 is 5.80. The van der Waals surface area contributed by atoms with E-state index in [2.05, 4.69) is 0 Å². The number of furan rings is 1. The van der Waals surface area contributed by atoms with Crippen LogP contribution in [0.5, 0.6) is 11.5 Å². The molecule has 0 spiro atoms. The van der Waals surface area contributed by atoms with Crippen LogP contribution in [0.1, 0.15) is 12.0 Å². The zero-order valence-corrected chi connectivity index (χ0v) is 16.6. The second-order valence-corrected chi connectivity index (χ2v) is 7.91. The molecule has 3 aromatic rings. The number of carbonyl (C=O) groups excluding carboxylic acids is 1. The minimum Gasteiger partial charge on any atom is -0.508 e. The Hall–Kier alpha value is -2.31. The van der Waals surface area contributed by atoms with Crippen LogP contribution in [0.3, 0.4) is 0 Å². The Kier molecular flexibility index (Phi) is 5.87. The van der Waals surface area contributed by atoms with E-state index in [0.717, 1.165) is 22.5 Å². The highest BCUT2D eigenvalue weighted by atomic mass is 35.5. The van der Waals surface area contributed by atoms with E-state index in [4.69, 9.17) is 16.0 Å². The van der Waals surface area contributed by atoms with Gasteiger partial charge in [-0.1, -0.05) is 11.6 Å². The third-order valence-corrected chi connectivity index (χ3v) is 5.42. The molecule has 3 rings (SSSR count). The fraction of sp³-hybridized carbons (Fsp3) is 0.250. The largest absolute Gasteiger partial charge is 0.508 e. The molecule has 0 atom stereocenters. The molecule has 1 heterocycles. The van der Waals surface area contributed by atoms with Crippen molar-refractivity contribution >= 4 is 40.2 Å². The van der Waals surface area contributed by atoms with Crippen LogP contribution in [0.15, 0.2) is 40.8 Å². The summed E-state index contributed by atoms with van der Waals surface area (Å²) in [4.78, 5) is 13.2. The van der Waals surface area contributed by atoms with Gasteiger partial charge in [-0.15, -0.1) is 0 Å². The summed E-state index contributed by atoms with van der Waals surface area (Å²) in [5.74, 6) is 2.07. The lowest BCUT2D eigenvalue weighted by molar-refractivity contribution is -0.128. The number of fused-ring (bicyclic) bond motifs is 1. The minimum atomic E-state index is 0.0179. The maximum atomic E-state index is 11.6. The number of hydrogen-bond acceptors (Lipinski definition) is 5. The molecule has 2 N–H and O–H groups in total. The molecule has 27 heavy (non-hydrogen) atoms. The first-order valence-electron chi connectivity index (χ1n) is 8.37. The molecule has 0 saturated heterocycles. The molecule has 1 amide bonds. The molecule has 7 heteroatoms. The number of carbonyl (C=O) groups is 1. The molecular weight excluding hydrogens is 386 g/mol. The lowest BCUT2D eigenvalue weighted by atomic mass is 10.1. The van der Waals surface area contributed by atoms with Crippen LogP contribution >= 0.6 is 23.4 Å². The summed E-state index contributed by atoms with van der Waals surface area (Å²) in [7, 11) is 3.50. The van der Waals surface area contributed by atoms with Crippen molar-refractivity contribution in [3.8, 4) is 22.8 Å². The van der Waals surface area contributed by atoms with Crippen molar-refractivity contribution in [3.63, 3.8) is 0 Å². The Morgan fingerprint density at radius 3 is 2.70 bits per heavy atom. The number of amides is 1. The van der Waals surface area contributed by atoms with Crippen molar-refractivity contribution in [2.45, 2.75) is 12.2 Å². The van der Waals surface area contributed by atoms with Crippen molar-refractivity contribution in [1.29, 1.82) is 0 Å². The van der Waals surface area contributed by atoms with Crippen LogP contribution in [-0.4, -0.2) is 40.9 Å². The number of aromatic hydroxyl groups is 2. The summed E-state index contributed by atoms with van der Waals surface area (Å²) >= 11 is 8.03. The SMILES string of the molecule is CN(C)C(=O)CCSCc1cc(Cl)c2oc(-c3cc(O)ccc3O)cc2c1. The number of phenolic OH excluding ortho intramolecular Hbond substituents is 2. The van der Waals surface area contributed by atoms with Crippen LogP contribution in [-0.2, 0) is 10.5 Å². The highest BCUT2D eigenvalue weighted by Gasteiger charge is 2.14. The molecule has 0 aliphatic heterocycles. The summed E-state index contributed by atoms with van der Waals surface area (Å²) in [5, 5.41) is 21.0. The normalized spacial score (nSPS) is 11.1. The average Bonchev–Trinajstić information content (AvgIpc) is 3.05. The van der Waals surface area contributed by atoms with Crippen molar-refractivity contribution in [1.82, 2.24) is 4.90 Å². The lowest BCUT2D eigenvalue weighted by Crippen LogP contribution is -2.21. The number of rotatable bonds is 6. The van der Waals surface area contributed by atoms with Gasteiger partial charge in [0.25, 0.3) is 0 Å². The second kappa shape index (κ2) is 8.15. The molecule has 0 saturated carbocycles. The van der Waals surface area contributed by atoms with Gasteiger partial charge < -0.3 is 19.5 Å². The maximum absolute atomic E-state index is 11.6. The molecule has 142 valence electrons. The Morgan fingerprint density at radius 2 is 1.96 bits per heavy atom. The molecule has 0 aliphatic carbocycles. The van der Waals surface area contributed by atoms with Gasteiger partial charge in [-0.2, -0.15) is 11.8 Å². The molecule has 0 radical (unpaired) electrons. The molecule has 0 aliphatic rings. The number of nitrogens with zero attached hydrogens (tertiary/aromatic N) is 1. The molecule has 0 bridgehead atoms. The fourth-order valence-electron chi connectivity index (χ4n) is 2.68. The maximum Gasteiger partial charge on any atom is 0.222 e. The summed E-state index contributed by atoms with van der Waals surface area (Å²) in [6, 6.07) is 9.88. The van der Waals surface area contributed by atoms with Crippen LogP contribution < -0.4 is 0 Å². The Morgan fingerprint density at radius 1 is 1.19 bits per heavy atom. The zero-order valence-electron chi connectivity index (χ0n) is 15.0. The van der Waals surface area contributed by atoms with E-state index in [1.807, 2.05) is 12.1 Å². The Labute approximate surface area is 166 Å². The van der Waals surface area contributed by atoms with Gasteiger partial charge in [-0.05, 0) is 42.0 Å². The first-order valence-corrected chi connectivity index (χ1v) is 9.90. The van der Waals surface area contributed by atoms with E-state index in [1.54, 1.807) is 36.8 Å². The Bertz CT molecular complexity index is 984. The second-order valence-electron chi connectivity index (χ2n) is 6.40. The van der Waals surface area contributed by atoms with Crippen LogP contribution in [0.2, 0.25) is 5.02 Å². The molecule has 5 nitrogen and oxygen atoms in total. The third kappa shape index (κ3) is 4.51. The van der Waals surface area contributed by atoms with Gasteiger partial charge in [0.05, 0.1) is 10.6 Å². The van der Waals surface area contributed by atoms with Crippen molar-refractivity contribution < 1.29 is 19.4 Å². The number of halogens is 1. The van der Waals surface area contributed by atoms with Crippen LogP contribution in [0.4, 0.5) is 0 Å². The first kappa shape index (κ1) is 19.5. The summed E-state index contributed by atoms with van der Waals surface area (Å²) in [6.07, 6.45) is 0.500. The average molecular weight is 406 g/mol. The van der Waals surface area contributed by atoms with Gasteiger partial charge in [0.2, 0.25) is 5.91 Å².